The highest BCUT2D eigenvalue weighted by Crippen LogP contribution is 2.13. The lowest BCUT2D eigenvalue weighted by molar-refractivity contribution is 0.281. The molecule has 1 heterocycles. The molecule has 0 saturated heterocycles. The summed E-state index contributed by atoms with van der Waals surface area (Å²) in [4.78, 5) is 3.78. The lowest BCUT2D eigenvalue weighted by atomic mass is 10.2. The Morgan fingerprint density at radius 1 is 1.73 bits per heavy atom. The molecule has 0 fully saturated rings. The van der Waals surface area contributed by atoms with Gasteiger partial charge in [0.2, 0.25) is 0 Å². The molecule has 0 amide bonds. The van der Waals surface area contributed by atoms with E-state index in [-0.39, 0.29) is 6.61 Å². The normalized spacial score (nSPS) is 9.18. The number of halogens is 1. The molecule has 1 rings (SSSR count). The molecule has 1 aromatic rings. The van der Waals surface area contributed by atoms with E-state index in [9.17, 15) is 0 Å². The van der Waals surface area contributed by atoms with E-state index in [1.54, 1.807) is 6.07 Å². The van der Waals surface area contributed by atoms with Crippen LogP contribution >= 0.6 is 11.6 Å². The van der Waals surface area contributed by atoms with E-state index in [0.717, 1.165) is 0 Å². The Hall–Kier alpha value is -1.04. The van der Waals surface area contributed by atoms with Gasteiger partial charge in [0.15, 0.2) is 0 Å². The number of aliphatic hydroxyl groups excluding tert-OH is 1. The number of aromatic nitrogens is 1. The summed E-state index contributed by atoms with van der Waals surface area (Å²) in [5.74, 6) is 2.40. The van der Waals surface area contributed by atoms with Gasteiger partial charge >= 0.3 is 0 Å². The van der Waals surface area contributed by atoms with E-state index in [1.807, 2.05) is 0 Å². The van der Waals surface area contributed by atoms with Gasteiger partial charge in [0, 0.05) is 17.3 Å². The van der Waals surface area contributed by atoms with E-state index in [1.165, 1.54) is 6.20 Å². The average Bonchev–Trinajstić information content (AvgIpc) is 2.05. The molecule has 0 aromatic carbocycles. The number of hydrogen-bond acceptors (Lipinski definition) is 2. The van der Waals surface area contributed by atoms with Gasteiger partial charge in [-0.15, -0.1) is 6.42 Å². The highest BCUT2D eigenvalue weighted by atomic mass is 35.5. The van der Waals surface area contributed by atoms with E-state index >= 15 is 0 Å². The van der Waals surface area contributed by atoms with Crippen molar-refractivity contribution in [2.75, 3.05) is 0 Å². The van der Waals surface area contributed by atoms with Gasteiger partial charge in [0.25, 0.3) is 0 Å². The maximum atomic E-state index is 8.75. The van der Waals surface area contributed by atoms with Crippen LogP contribution in [-0.4, -0.2) is 10.1 Å². The van der Waals surface area contributed by atoms with Crippen LogP contribution in [0.25, 0.3) is 0 Å². The molecular weight excluding hydrogens is 162 g/mol. The Kier molecular flexibility index (Phi) is 2.48. The van der Waals surface area contributed by atoms with E-state index < -0.39 is 0 Å². The first-order valence-corrected chi connectivity index (χ1v) is 3.37. The van der Waals surface area contributed by atoms with Crippen LogP contribution in [-0.2, 0) is 6.61 Å². The van der Waals surface area contributed by atoms with Crippen LogP contribution in [0.5, 0.6) is 0 Å². The van der Waals surface area contributed by atoms with Crippen molar-refractivity contribution >= 4 is 11.6 Å². The Morgan fingerprint density at radius 3 is 3.00 bits per heavy atom. The van der Waals surface area contributed by atoms with Gasteiger partial charge in [-0.05, 0) is 6.07 Å². The van der Waals surface area contributed by atoms with Gasteiger partial charge in [-0.1, -0.05) is 17.5 Å². The molecule has 0 aliphatic rings. The zero-order valence-corrected chi connectivity index (χ0v) is 6.47. The van der Waals surface area contributed by atoms with Crippen LogP contribution in [0, 0.1) is 12.3 Å². The predicted molar refractivity (Wildman–Crippen MR) is 43.1 cm³/mol. The number of rotatable bonds is 1. The Morgan fingerprint density at radius 2 is 2.45 bits per heavy atom. The first-order chi connectivity index (χ1) is 5.27. The van der Waals surface area contributed by atoms with E-state index in [4.69, 9.17) is 23.1 Å². The monoisotopic (exact) mass is 167 g/mol. The topological polar surface area (TPSA) is 33.1 Å². The van der Waals surface area contributed by atoms with Crippen molar-refractivity contribution in [1.82, 2.24) is 4.98 Å². The molecule has 0 aliphatic carbocycles. The second-order valence-corrected chi connectivity index (χ2v) is 2.33. The third kappa shape index (κ3) is 1.70. The zero-order valence-electron chi connectivity index (χ0n) is 5.71. The highest BCUT2D eigenvalue weighted by Gasteiger charge is 1.99. The Balaban J connectivity index is 3.15. The molecule has 0 saturated carbocycles. The fraction of sp³-hybridized carbons (Fsp3) is 0.125. The molecule has 1 aromatic heterocycles. The summed E-state index contributed by atoms with van der Waals surface area (Å²) in [6.07, 6.45) is 6.60. The summed E-state index contributed by atoms with van der Waals surface area (Å²) >= 11 is 5.61. The van der Waals surface area contributed by atoms with Gasteiger partial charge in [-0.3, -0.25) is 0 Å². The van der Waals surface area contributed by atoms with Crippen LogP contribution in [0.1, 0.15) is 11.1 Å². The molecule has 56 valence electrons. The molecule has 0 spiro atoms. The highest BCUT2D eigenvalue weighted by molar-refractivity contribution is 6.30. The Labute approximate surface area is 69.8 Å². The molecule has 0 unspecified atom stereocenters. The summed E-state index contributed by atoms with van der Waals surface area (Å²) in [5, 5.41) is 9.04. The molecule has 0 bridgehead atoms. The molecule has 2 nitrogen and oxygen atoms in total. The lowest BCUT2D eigenvalue weighted by Gasteiger charge is -1.98. The maximum absolute atomic E-state index is 8.75. The van der Waals surface area contributed by atoms with Crippen molar-refractivity contribution in [1.29, 1.82) is 0 Å². The number of hydrogen-bond donors (Lipinski definition) is 1. The predicted octanol–water partition coefficient (Wildman–Crippen LogP) is 1.21. The second-order valence-electron chi connectivity index (χ2n) is 1.98. The summed E-state index contributed by atoms with van der Waals surface area (Å²) in [5.41, 5.74) is 1.18. The molecular formula is C8H6ClNO. The van der Waals surface area contributed by atoms with E-state index in [2.05, 4.69) is 10.9 Å². The number of terminal acetylenes is 1. The molecule has 0 atom stereocenters. The van der Waals surface area contributed by atoms with Gasteiger partial charge in [0.05, 0.1) is 6.61 Å². The molecule has 3 heteroatoms. The first kappa shape index (κ1) is 8.06. The van der Waals surface area contributed by atoms with Gasteiger partial charge in [-0.25, -0.2) is 4.98 Å². The quantitative estimate of drug-likeness (QED) is 0.504. The van der Waals surface area contributed by atoms with Crippen LogP contribution in [0.15, 0.2) is 12.3 Å². The van der Waals surface area contributed by atoms with Crippen molar-refractivity contribution in [3.8, 4) is 12.3 Å². The minimum absolute atomic E-state index is 0.138. The third-order valence-corrected chi connectivity index (χ3v) is 1.59. The lowest BCUT2D eigenvalue weighted by Crippen LogP contribution is -1.89. The maximum Gasteiger partial charge on any atom is 0.134 e. The van der Waals surface area contributed by atoms with Crippen molar-refractivity contribution in [3.63, 3.8) is 0 Å². The third-order valence-electron chi connectivity index (χ3n) is 1.25. The standard InChI is InChI=1S/C8H6ClNO/c1-2-6-3-7(5-11)8(9)10-4-6/h1,3-4,11H,5H2. The summed E-state index contributed by atoms with van der Waals surface area (Å²) in [7, 11) is 0. The van der Waals surface area contributed by atoms with Gasteiger partial charge in [-0.2, -0.15) is 0 Å². The van der Waals surface area contributed by atoms with Crippen molar-refractivity contribution in [2.24, 2.45) is 0 Å². The fourth-order valence-corrected chi connectivity index (χ4v) is 0.847. The molecule has 0 aliphatic heterocycles. The fourth-order valence-electron chi connectivity index (χ4n) is 0.683. The largest absolute Gasteiger partial charge is 0.392 e. The second kappa shape index (κ2) is 3.38. The smallest absolute Gasteiger partial charge is 0.134 e. The SMILES string of the molecule is C#Cc1cnc(Cl)c(CO)c1. The minimum atomic E-state index is -0.138. The number of aliphatic hydroxyl groups is 1. The van der Waals surface area contributed by atoms with Crippen molar-refractivity contribution in [3.05, 3.63) is 28.5 Å². The Bertz CT molecular complexity index is 303. The van der Waals surface area contributed by atoms with Crippen molar-refractivity contribution < 1.29 is 5.11 Å². The van der Waals surface area contributed by atoms with Crippen LogP contribution in [0.2, 0.25) is 5.15 Å². The van der Waals surface area contributed by atoms with Crippen molar-refractivity contribution in [2.45, 2.75) is 6.61 Å². The van der Waals surface area contributed by atoms with Crippen LogP contribution in [0.4, 0.5) is 0 Å². The van der Waals surface area contributed by atoms with Crippen LogP contribution in [0.3, 0.4) is 0 Å². The summed E-state index contributed by atoms with van der Waals surface area (Å²) in [6, 6.07) is 1.63. The molecule has 1 N–H and O–H groups in total. The van der Waals surface area contributed by atoms with Gasteiger partial charge in [0.1, 0.15) is 5.15 Å². The molecule has 11 heavy (non-hydrogen) atoms. The number of pyridine rings is 1. The number of nitrogens with zero attached hydrogens (tertiary/aromatic N) is 1. The average molecular weight is 168 g/mol. The molecule has 0 radical (unpaired) electrons. The van der Waals surface area contributed by atoms with E-state index in [0.29, 0.717) is 16.3 Å². The zero-order chi connectivity index (χ0) is 8.27. The summed E-state index contributed by atoms with van der Waals surface area (Å²) in [6.45, 7) is -0.138. The summed E-state index contributed by atoms with van der Waals surface area (Å²) < 4.78 is 0. The first-order valence-electron chi connectivity index (χ1n) is 3.00. The van der Waals surface area contributed by atoms with Gasteiger partial charge < -0.3 is 5.11 Å². The minimum Gasteiger partial charge on any atom is -0.392 e. The van der Waals surface area contributed by atoms with Crippen LogP contribution < -0.4 is 0 Å².